The molecule has 0 fully saturated rings. The highest BCUT2D eigenvalue weighted by atomic mass is 35.5. The summed E-state index contributed by atoms with van der Waals surface area (Å²) in [6, 6.07) is 6.65. The summed E-state index contributed by atoms with van der Waals surface area (Å²) < 4.78 is 5.44. The van der Waals surface area contributed by atoms with Crippen molar-refractivity contribution < 1.29 is 9.53 Å². The highest BCUT2D eigenvalue weighted by Crippen LogP contribution is 2.16. The highest BCUT2D eigenvalue weighted by Gasteiger charge is 2.16. The van der Waals surface area contributed by atoms with E-state index in [0.29, 0.717) is 23.9 Å². The van der Waals surface area contributed by atoms with Crippen molar-refractivity contribution in [2.45, 2.75) is 19.9 Å². The van der Waals surface area contributed by atoms with Crippen molar-refractivity contribution in [2.24, 2.45) is 11.7 Å². The Morgan fingerprint density at radius 1 is 1.50 bits per heavy atom. The van der Waals surface area contributed by atoms with Crippen molar-refractivity contribution >= 4 is 17.5 Å². The average molecular weight is 271 g/mol. The fourth-order valence-corrected chi connectivity index (χ4v) is 1.50. The number of ether oxygens (including phenoxy) is 1. The molecule has 1 atom stereocenters. The Kier molecular flexibility index (Phi) is 5.95. The van der Waals surface area contributed by atoms with Crippen LogP contribution in [0.3, 0.4) is 0 Å². The second-order valence-electron chi connectivity index (χ2n) is 4.37. The molecule has 0 radical (unpaired) electrons. The zero-order valence-corrected chi connectivity index (χ0v) is 11.4. The van der Waals surface area contributed by atoms with Crippen molar-refractivity contribution in [1.29, 1.82) is 0 Å². The van der Waals surface area contributed by atoms with Crippen LogP contribution in [0.1, 0.15) is 13.8 Å². The third kappa shape index (κ3) is 4.94. The molecule has 4 nitrogen and oxygen atoms in total. The Labute approximate surface area is 112 Å². The zero-order valence-electron chi connectivity index (χ0n) is 10.7. The van der Waals surface area contributed by atoms with Gasteiger partial charge in [-0.2, -0.15) is 0 Å². The Balaban J connectivity index is 2.25. The molecule has 0 heterocycles. The predicted molar refractivity (Wildman–Crippen MR) is 72.8 cm³/mol. The molecular weight excluding hydrogens is 252 g/mol. The first-order valence-electron chi connectivity index (χ1n) is 5.92. The smallest absolute Gasteiger partial charge is 0.237 e. The minimum atomic E-state index is -0.476. The van der Waals surface area contributed by atoms with Gasteiger partial charge in [0.2, 0.25) is 5.91 Å². The monoisotopic (exact) mass is 270 g/mol. The summed E-state index contributed by atoms with van der Waals surface area (Å²) in [6.45, 7) is 4.63. The van der Waals surface area contributed by atoms with Crippen molar-refractivity contribution in [1.82, 2.24) is 5.32 Å². The SMILES string of the molecule is CC(C)[C@H](N)C(=O)NCCOc1cccc(Cl)c1. The van der Waals surface area contributed by atoms with Crippen molar-refractivity contribution in [3.05, 3.63) is 29.3 Å². The highest BCUT2D eigenvalue weighted by molar-refractivity contribution is 6.30. The van der Waals surface area contributed by atoms with Crippen LogP contribution in [0, 0.1) is 5.92 Å². The third-order valence-corrected chi connectivity index (χ3v) is 2.72. The van der Waals surface area contributed by atoms with E-state index in [1.54, 1.807) is 12.1 Å². The average Bonchev–Trinajstić information content (AvgIpc) is 2.33. The summed E-state index contributed by atoms with van der Waals surface area (Å²) >= 11 is 5.82. The molecule has 0 aliphatic carbocycles. The minimum absolute atomic E-state index is 0.124. The van der Waals surface area contributed by atoms with Gasteiger partial charge < -0.3 is 15.8 Å². The number of benzene rings is 1. The van der Waals surface area contributed by atoms with Crippen molar-refractivity contribution in [3.63, 3.8) is 0 Å². The molecule has 0 saturated carbocycles. The summed E-state index contributed by atoms with van der Waals surface area (Å²) in [6.07, 6.45) is 0. The number of carbonyl (C=O) groups is 1. The molecule has 0 aromatic heterocycles. The number of hydrogen-bond donors (Lipinski definition) is 2. The number of halogens is 1. The Bertz CT molecular complexity index is 396. The quantitative estimate of drug-likeness (QED) is 0.775. The fourth-order valence-electron chi connectivity index (χ4n) is 1.32. The molecule has 0 bridgehead atoms. The lowest BCUT2D eigenvalue weighted by molar-refractivity contribution is -0.123. The van der Waals surface area contributed by atoms with E-state index < -0.39 is 6.04 Å². The molecule has 0 saturated heterocycles. The van der Waals surface area contributed by atoms with Crippen LogP contribution in [0.4, 0.5) is 0 Å². The van der Waals surface area contributed by atoms with Crippen LogP contribution >= 0.6 is 11.6 Å². The van der Waals surface area contributed by atoms with Gasteiger partial charge in [-0.1, -0.05) is 31.5 Å². The number of amides is 1. The van der Waals surface area contributed by atoms with E-state index in [2.05, 4.69) is 5.32 Å². The first-order chi connectivity index (χ1) is 8.50. The number of nitrogens with two attached hydrogens (primary N) is 1. The van der Waals surface area contributed by atoms with Gasteiger partial charge in [-0.05, 0) is 24.1 Å². The van der Waals surface area contributed by atoms with E-state index in [-0.39, 0.29) is 11.8 Å². The molecule has 1 rings (SSSR count). The topological polar surface area (TPSA) is 64.4 Å². The van der Waals surface area contributed by atoms with Gasteiger partial charge in [0, 0.05) is 5.02 Å². The fraction of sp³-hybridized carbons (Fsp3) is 0.462. The lowest BCUT2D eigenvalue weighted by atomic mass is 10.1. The van der Waals surface area contributed by atoms with Crippen LogP contribution in [0.25, 0.3) is 0 Å². The lowest BCUT2D eigenvalue weighted by Gasteiger charge is -2.15. The van der Waals surface area contributed by atoms with Gasteiger partial charge in [-0.25, -0.2) is 0 Å². The van der Waals surface area contributed by atoms with Gasteiger partial charge >= 0.3 is 0 Å². The summed E-state index contributed by atoms with van der Waals surface area (Å²) in [5.41, 5.74) is 5.70. The van der Waals surface area contributed by atoms with Gasteiger partial charge in [-0.3, -0.25) is 4.79 Å². The molecule has 3 N–H and O–H groups in total. The predicted octanol–water partition coefficient (Wildman–Crippen LogP) is 1.82. The van der Waals surface area contributed by atoms with E-state index in [4.69, 9.17) is 22.1 Å². The van der Waals surface area contributed by atoms with E-state index in [9.17, 15) is 4.79 Å². The molecule has 100 valence electrons. The van der Waals surface area contributed by atoms with Crippen LogP contribution in [-0.2, 0) is 4.79 Å². The van der Waals surface area contributed by atoms with Crippen LogP contribution in [-0.4, -0.2) is 25.1 Å². The maximum Gasteiger partial charge on any atom is 0.237 e. The molecule has 0 aliphatic rings. The van der Waals surface area contributed by atoms with Crippen LogP contribution in [0.15, 0.2) is 24.3 Å². The Morgan fingerprint density at radius 2 is 2.22 bits per heavy atom. The maximum absolute atomic E-state index is 11.5. The lowest BCUT2D eigenvalue weighted by Crippen LogP contribution is -2.45. The second-order valence-corrected chi connectivity index (χ2v) is 4.80. The van der Waals surface area contributed by atoms with Crippen LogP contribution < -0.4 is 15.8 Å². The number of carbonyl (C=O) groups excluding carboxylic acids is 1. The van der Waals surface area contributed by atoms with Crippen molar-refractivity contribution in [3.8, 4) is 5.75 Å². The largest absolute Gasteiger partial charge is 0.492 e. The Morgan fingerprint density at radius 3 is 2.83 bits per heavy atom. The summed E-state index contributed by atoms with van der Waals surface area (Å²) in [7, 11) is 0. The standard InChI is InChI=1S/C13H19ClN2O2/c1-9(2)12(15)13(17)16-6-7-18-11-5-3-4-10(14)8-11/h3-5,8-9,12H,6-7,15H2,1-2H3,(H,16,17)/t12-/m0/s1. The number of rotatable bonds is 6. The molecule has 0 aliphatic heterocycles. The molecule has 1 aromatic carbocycles. The first-order valence-corrected chi connectivity index (χ1v) is 6.30. The molecule has 5 heteroatoms. The van der Waals surface area contributed by atoms with Gasteiger partial charge in [0.15, 0.2) is 0 Å². The number of hydrogen-bond acceptors (Lipinski definition) is 3. The summed E-state index contributed by atoms with van der Waals surface area (Å²) in [5.74, 6) is 0.656. The van der Waals surface area contributed by atoms with Crippen molar-refractivity contribution in [2.75, 3.05) is 13.2 Å². The van der Waals surface area contributed by atoms with E-state index in [0.717, 1.165) is 0 Å². The summed E-state index contributed by atoms with van der Waals surface area (Å²) in [4.78, 5) is 11.5. The zero-order chi connectivity index (χ0) is 13.5. The van der Waals surface area contributed by atoms with E-state index in [1.807, 2.05) is 26.0 Å². The molecule has 1 aromatic rings. The van der Waals surface area contributed by atoms with Gasteiger partial charge in [0.05, 0.1) is 12.6 Å². The second kappa shape index (κ2) is 7.24. The van der Waals surface area contributed by atoms with Crippen LogP contribution in [0.2, 0.25) is 5.02 Å². The Hall–Kier alpha value is -1.26. The summed E-state index contributed by atoms with van der Waals surface area (Å²) in [5, 5.41) is 3.35. The molecule has 1 amide bonds. The van der Waals surface area contributed by atoms with E-state index in [1.165, 1.54) is 0 Å². The molecular formula is C13H19ClN2O2. The van der Waals surface area contributed by atoms with E-state index >= 15 is 0 Å². The van der Waals surface area contributed by atoms with Gasteiger partial charge in [0.25, 0.3) is 0 Å². The first kappa shape index (κ1) is 14.8. The molecule has 18 heavy (non-hydrogen) atoms. The van der Waals surface area contributed by atoms with Gasteiger partial charge in [-0.15, -0.1) is 0 Å². The minimum Gasteiger partial charge on any atom is -0.492 e. The number of nitrogens with one attached hydrogen (secondary N) is 1. The van der Waals surface area contributed by atoms with Crippen LogP contribution in [0.5, 0.6) is 5.75 Å². The maximum atomic E-state index is 11.5. The van der Waals surface area contributed by atoms with Gasteiger partial charge in [0.1, 0.15) is 12.4 Å². The normalized spacial score (nSPS) is 12.3. The molecule has 0 unspecified atom stereocenters. The molecule has 0 spiro atoms. The third-order valence-electron chi connectivity index (χ3n) is 2.49.